The van der Waals surface area contributed by atoms with Gasteiger partial charge in [-0.25, -0.2) is 0 Å². The summed E-state index contributed by atoms with van der Waals surface area (Å²) in [5.74, 6) is -1.09. The molecule has 0 aromatic heterocycles. The van der Waals surface area contributed by atoms with E-state index in [0.717, 1.165) is 5.56 Å². The van der Waals surface area contributed by atoms with Gasteiger partial charge in [-0.15, -0.1) is 0 Å². The summed E-state index contributed by atoms with van der Waals surface area (Å²) in [6.07, 6.45) is 0.267. The van der Waals surface area contributed by atoms with E-state index in [1.165, 1.54) is 0 Å². The molecule has 0 saturated carbocycles. The predicted octanol–water partition coefficient (Wildman–Crippen LogP) is 1.63. The van der Waals surface area contributed by atoms with Crippen molar-refractivity contribution in [2.24, 2.45) is 11.1 Å². The molecular formula is C14H20N2O3. The second-order valence-corrected chi connectivity index (χ2v) is 5.55. The Morgan fingerprint density at radius 3 is 2.21 bits per heavy atom. The first-order valence-corrected chi connectivity index (χ1v) is 6.09. The normalized spacial score (nSPS) is 12.8. The summed E-state index contributed by atoms with van der Waals surface area (Å²) in [6.45, 7) is 5.51. The van der Waals surface area contributed by atoms with Gasteiger partial charge in [0.25, 0.3) is 0 Å². The molecule has 0 saturated heterocycles. The molecule has 1 aromatic carbocycles. The minimum Gasteiger partial charge on any atom is -0.480 e. The summed E-state index contributed by atoms with van der Waals surface area (Å²) in [5, 5.41) is 11.5. The minimum absolute atomic E-state index is 0.0671. The van der Waals surface area contributed by atoms with Crippen LogP contribution in [0.3, 0.4) is 0 Å². The lowest BCUT2D eigenvalue weighted by Gasteiger charge is -2.17. The molecule has 0 spiro atoms. The number of hydrogen-bond donors (Lipinski definition) is 3. The Morgan fingerprint density at radius 2 is 1.79 bits per heavy atom. The largest absolute Gasteiger partial charge is 0.480 e. The van der Waals surface area contributed by atoms with Crippen molar-refractivity contribution in [1.82, 2.24) is 0 Å². The van der Waals surface area contributed by atoms with Crippen LogP contribution in [0.2, 0.25) is 0 Å². The van der Waals surface area contributed by atoms with Gasteiger partial charge in [0, 0.05) is 11.1 Å². The molecule has 5 heteroatoms. The summed E-state index contributed by atoms with van der Waals surface area (Å²) >= 11 is 0. The highest BCUT2D eigenvalue weighted by atomic mass is 16.4. The topological polar surface area (TPSA) is 92.4 Å². The number of carboxylic acids is 1. The highest BCUT2D eigenvalue weighted by Gasteiger charge is 2.21. The van der Waals surface area contributed by atoms with Gasteiger partial charge in [0.2, 0.25) is 5.91 Å². The van der Waals surface area contributed by atoms with Gasteiger partial charge in [0.15, 0.2) is 0 Å². The number of carboxylic acid groups (broad SMARTS) is 1. The van der Waals surface area contributed by atoms with E-state index in [4.69, 9.17) is 10.8 Å². The lowest BCUT2D eigenvalue weighted by Crippen LogP contribution is -2.32. The van der Waals surface area contributed by atoms with Crippen LogP contribution in [0.4, 0.5) is 5.69 Å². The number of carbonyl (C=O) groups excluding carboxylic acids is 1. The third kappa shape index (κ3) is 4.71. The van der Waals surface area contributed by atoms with Crippen molar-refractivity contribution in [2.45, 2.75) is 33.2 Å². The number of carbonyl (C=O) groups is 2. The van der Waals surface area contributed by atoms with Crippen LogP contribution in [0.5, 0.6) is 0 Å². The SMILES string of the molecule is CC(C)(C)C(=O)Nc1ccc(C[C@H](N)C(=O)O)cc1. The van der Waals surface area contributed by atoms with E-state index in [1.807, 2.05) is 20.8 Å². The van der Waals surface area contributed by atoms with Crippen LogP contribution < -0.4 is 11.1 Å². The molecule has 0 aliphatic heterocycles. The molecule has 1 atom stereocenters. The van der Waals surface area contributed by atoms with Gasteiger partial charge in [0.1, 0.15) is 6.04 Å². The first-order valence-electron chi connectivity index (χ1n) is 6.09. The maximum Gasteiger partial charge on any atom is 0.320 e. The number of nitrogens with one attached hydrogen (secondary N) is 1. The smallest absolute Gasteiger partial charge is 0.320 e. The summed E-state index contributed by atoms with van der Waals surface area (Å²) in [4.78, 5) is 22.4. The Labute approximate surface area is 112 Å². The van der Waals surface area contributed by atoms with E-state index in [-0.39, 0.29) is 12.3 Å². The van der Waals surface area contributed by atoms with Gasteiger partial charge < -0.3 is 16.2 Å². The second kappa shape index (κ2) is 5.84. The van der Waals surface area contributed by atoms with Gasteiger partial charge in [-0.1, -0.05) is 32.9 Å². The van der Waals surface area contributed by atoms with Crippen LogP contribution in [0, 0.1) is 5.41 Å². The monoisotopic (exact) mass is 264 g/mol. The van der Waals surface area contributed by atoms with Crippen LogP contribution in [0.15, 0.2) is 24.3 Å². The van der Waals surface area contributed by atoms with E-state index in [1.54, 1.807) is 24.3 Å². The first-order chi connectivity index (χ1) is 8.70. The van der Waals surface area contributed by atoms with Crippen LogP contribution in [0.1, 0.15) is 26.3 Å². The number of amides is 1. The van der Waals surface area contributed by atoms with E-state index >= 15 is 0 Å². The molecule has 0 heterocycles. The molecule has 0 unspecified atom stereocenters. The molecule has 19 heavy (non-hydrogen) atoms. The zero-order valence-electron chi connectivity index (χ0n) is 11.4. The van der Waals surface area contributed by atoms with Crippen LogP contribution in [0.25, 0.3) is 0 Å². The maximum atomic E-state index is 11.8. The molecule has 0 aliphatic carbocycles. The van der Waals surface area contributed by atoms with E-state index < -0.39 is 17.4 Å². The van der Waals surface area contributed by atoms with Crippen molar-refractivity contribution in [3.8, 4) is 0 Å². The van der Waals surface area contributed by atoms with Crippen molar-refractivity contribution < 1.29 is 14.7 Å². The van der Waals surface area contributed by atoms with E-state index in [0.29, 0.717) is 5.69 Å². The summed E-state index contributed by atoms with van der Waals surface area (Å²) in [5.41, 5.74) is 6.51. The number of nitrogens with two attached hydrogens (primary N) is 1. The highest BCUT2D eigenvalue weighted by molar-refractivity contribution is 5.94. The minimum atomic E-state index is -1.02. The van der Waals surface area contributed by atoms with Crippen molar-refractivity contribution in [3.63, 3.8) is 0 Å². The predicted molar refractivity (Wildman–Crippen MR) is 73.8 cm³/mol. The molecule has 5 nitrogen and oxygen atoms in total. The number of anilines is 1. The van der Waals surface area contributed by atoms with Crippen molar-refractivity contribution >= 4 is 17.6 Å². The Balaban J connectivity index is 2.67. The third-order valence-corrected chi connectivity index (χ3v) is 2.67. The Kier molecular flexibility index (Phi) is 4.67. The number of aliphatic carboxylic acids is 1. The quantitative estimate of drug-likeness (QED) is 0.770. The number of rotatable bonds is 4. The van der Waals surface area contributed by atoms with Gasteiger partial charge in [-0.3, -0.25) is 9.59 Å². The molecule has 0 bridgehead atoms. The number of benzene rings is 1. The second-order valence-electron chi connectivity index (χ2n) is 5.55. The Bertz CT molecular complexity index is 461. The molecule has 104 valence electrons. The fraction of sp³-hybridized carbons (Fsp3) is 0.429. The summed E-state index contributed by atoms with van der Waals surface area (Å²) < 4.78 is 0. The van der Waals surface area contributed by atoms with Crippen LogP contribution in [-0.2, 0) is 16.0 Å². The third-order valence-electron chi connectivity index (χ3n) is 2.67. The Hall–Kier alpha value is -1.88. The molecule has 1 amide bonds. The van der Waals surface area contributed by atoms with Gasteiger partial charge >= 0.3 is 5.97 Å². The van der Waals surface area contributed by atoms with Gasteiger partial charge in [-0.2, -0.15) is 0 Å². The standard InChI is InChI=1S/C14H20N2O3/c1-14(2,3)13(19)16-10-6-4-9(5-7-10)8-11(15)12(17)18/h4-7,11H,8,15H2,1-3H3,(H,16,19)(H,17,18)/t11-/m0/s1. The van der Waals surface area contributed by atoms with Crippen molar-refractivity contribution in [2.75, 3.05) is 5.32 Å². The van der Waals surface area contributed by atoms with E-state index in [2.05, 4.69) is 5.32 Å². The fourth-order valence-corrected chi connectivity index (χ4v) is 1.38. The van der Waals surface area contributed by atoms with Crippen LogP contribution in [-0.4, -0.2) is 23.0 Å². The van der Waals surface area contributed by atoms with Crippen molar-refractivity contribution in [3.05, 3.63) is 29.8 Å². The highest BCUT2D eigenvalue weighted by Crippen LogP contribution is 2.18. The molecule has 1 rings (SSSR count). The summed E-state index contributed by atoms with van der Waals surface area (Å²) in [6, 6.07) is 6.11. The van der Waals surface area contributed by atoms with Crippen molar-refractivity contribution in [1.29, 1.82) is 0 Å². The first kappa shape index (κ1) is 15.2. The zero-order valence-corrected chi connectivity index (χ0v) is 11.4. The lowest BCUT2D eigenvalue weighted by atomic mass is 9.95. The average Bonchev–Trinajstić information content (AvgIpc) is 2.30. The van der Waals surface area contributed by atoms with Crippen LogP contribution >= 0.6 is 0 Å². The molecule has 0 radical (unpaired) electrons. The maximum absolute atomic E-state index is 11.8. The molecule has 4 N–H and O–H groups in total. The Morgan fingerprint density at radius 1 is 1.26 bits per heavy atom. The molecular weight excluding hydrogens is 244 g/mol. The molecule has 0 aliphatic rings. The molecule has 1 aromatic rings. The number of hydrogen-bond acceptors (Lipinski definition) is 3. The fourth-order valence-electron chi connectivity index (χ4n) is 1.38. The van der Waals surface area contributed by atoms with E-state index in [9.17, 15) is 9.59 Å². The average molecular weight is 264 g/mol. The zero-order chi connectivity index (χ0) is 14.6. The van der Waals surface area contributed by atoms with Gasteiger partial charge in [-0.05, 0) is 24.1 Å². The van der Waals surface area contributed by atoms with Gasteiger partial charge in [0.05, 0.1) is 0 Å². The lowest BCUT2D eigenvalue weighted by molar-refractivity contribution is -0.138. The molecule has 0 fully saturated rings. The summed E-state index contributed by atoms with van der Waals surface area (Å²) in [7, 11) is 0.